The molecule has 0 bridgehead atoms. The number of hydrogen-bond donors (Lipinski definition) is 0. The number of Topliss-reactive ketones (excluding diaryl/α,β-unsaturated/α-hetero) is 1. The fourth-order valence-corrected chi connectivity index (χ4v) is 2.24. The molecule has 2 heteroatoms. The summed E-state index contributed by atoms with van der Waals surface area (Å²) < 4.78 is 1.12. The van der Waals surface area contributed by atoms with E-state index in [9.17, 15) is 4.79 Å². The quantitative estimate of drug-likeness (QED) is 0.602. The minimum absolute atomic E-state index is 0.209. The summed E-state index contributed by atoms with van der Waals surface area (Å²) in [5.41, 5.74) is 1.82. The standard InChI is InChI=1S/C12H11IO/c13-11-7-3-6-10(8-11)12(14)9-4-1-2-5-9/h3-4,6-8H,1-2,5H2. The molecule has 0 radical (unpaired) electrons. The van der Waals surface area contributed by atoms with Crippen LogP contribution in [-0.2, 0) is 0 Å². The lowest BCUT2D eigenvalue weighted by Crippen LogP contribution is -2.01. The van der Waals surface area contributed by atoms with Gasteiger partial charge >= 0.3 is 0 Å². The number of benzene rings is 1. The monoisotopic (exact) mass is 298 g/mol. The van der Waals surface area contributed by atoms with Crippen LogP contribution in [0.15, 0.2) is 35.9 Å². The topological polar surface area (TPSA) is 17.1 Å². The van der Waals surface area contributed by atoms with Crippen molar-refractivity contribution in [3.8, 4) is 0 Å². The van der Waals surface area contributed by atoms with Crippen LogP contribution in [0.3, 0.4) is 0 Å². The Morgan fingerprint density at radius 3 is 2.86 bits per heavy atom. The van der Waals surface area contributed by atoms with E-state index in [0.29, 0.717) is 0 Å². The number of rotatable bonds is 2. The molecule has 0 N–H and O–H groups in total. The maximum Gasteiger partial charge on any atom is 0.188 e. The highest BCUT2D eigenvalue weighted by atomic mass is 127. The fraction of sp³-hybridized carbons (Fsp3) is 0.250. The van der Waals surface area contributed by atoms with E-state index in [1.807, 2.05) is 24.3 Å². The zero-order chi connectivity index (χ0) is 9.97. The van der Waals surface area contributed by atoms with E-state index < -0.39 is 0 Å². The maximum absolute atomic E-state index is 11.9. The second-order valence-electron chi connectivity index (χ2n) is 3.46. The van der Waals surface area contributed by atoms with E-state index in [2.05, 4.69) is 28.7 Å². The zero-order valence-electron chi connectivity index (χ0n) is 7.79. The SMILES string of the molecule is O=C(C1=CCCC1)c1cccc(I)c1. The van der Waals surface area contributed by atoms with Crippen molar-refractivity contribution in [2.45, 2.75) is 19.3 Å². The predicted octanol–water partition coefficient (Wildman–Crippen LogP) is 3.58. The van der Waals surface area contributed by atoms with Crippen LogP contribution in [0.5, 0.6) is 0 Å². The summed E-state index contributed by atoms with van der Waals surface area (Å²) in [5.74, 6) is 0.209. The smallest absolute Gasteiger partial charge is 0.188 e. The largest absolute Gasteiger partial charge is 0.289 e. The van der Waals surface area contributed by atoms with E-state index in [4.69, 9.17) is 0 Å². The first-order valence-corrected chi connectivity index (χ1v) is 5.84. The molecule has 1 nitrogen and oxygen atoms in total. The molecule has 0 amide bonds. The third-order valence-corrected chi connectivity index (χ3v) is 3.09. The van der Waals surface area contributed by atoms with Crippen molar-refractivity contribution in [3.05, 3.63) is 45.0 Å². The molecule has 1 aliphatic carbocycles. The number of carbonyl (C=O) groups excluding carboxylic acids is 1. The molecular formula is C12H11IO. The summed E-state index contributed by atoms with van der Waals surface area (Å²) in [6, 6.07) is 7.77. The third kappa shape index (κ3) is 2.05. The van der Waals surface area contributed by atoms with Gasteiger partial charge in [-0.05, 0) is 59.6 Å². The van der Waals surface area contributed by atoms with Gasteiger partial charge in [-0.1, -0.05) is 18.2 Å². The molecule has 0 atom stereocenters. The van der Waals surface area contributed by atoms with Crippen LogP contribution in [0.1, 0.15) is 29.6 Å². The summed E-state index contributed by atoms with van der Waals surface area (Å²) in [6.07, 6.45) is 5.21. The first-order valence-electron chi connectivity index (χ1n) is 4.76. The Hall–Kier alpha value is -0.640. The normalized spacial score (nSPS) is 15.4. The highest BCUT2D eigenvalue weighted by Gasteiger charge is 2.14. The first-order chi connectivity index (χ1) is 6.77. The molecule has 1 aliphatic rings. The van der Waals surface area contributed by atoms with Crippen LogP contribution in [0.4, 0.5) is 0 Å². The van der Waals surface area contributed by atoms with E-state index in [-0.39, 0.29) is 5.78 Å². The Bertz CT molecular complexity index is 393. The molecule has 72 valence electrons. The Morgan fingerprint density at radius 1 is 1.36 bits per heavy atom. The minimum Gasteiger partial charge on any atom is -0.289 e. The summed E-state index contributed by atoms with van der Waals surface area (Å²) in [4.78, 5) is 11.9. The summed E-state index contributed by atoms with van der Waals surface area (Å²) >= 11 is 2.23. The molecule has 0 spiro atoms. The van der Waals surface area contributed by atoms with Gasteiger partial charge in [0.25, 0.3) is 0 Å². The molecule has 0 aliphatic heterocycles. The summed E-state index contributed by atoms with van der Waals surface area (Å²) in [6.45, 7) is 0. The van der Waals surface area contributed by atoms with Gasteiger partial charge in [-0.15, -0.1) is 0 Å². The number of halogens is 1. The number of carbonyl (C=O) groups is 1. The molecular weight excluding hydrogens is 287 g/mol. The average molecular weight is 298 g/mol. The highest BCUT2D eigenvalue weighted by molar-refractivity contribution is 14.1. The van der Waals surface area contributed by atoms with Crippen LogP contribution < -0.4 is 0 Å². The fourth-order valence-electron chi connectivity index (χ4n) is 1.69. The lowest BCUT2D eigenvalue weighted by molar-refractivity contribution is 0.103. The van der Waals surface area contributed by atoms with Crippen molar-refractivity contribution in [2.24, 2.45) is 0 Å². The molecule has 0 aromatic heterocycles. The number of hydrogen-bond acceptors (Lipinski definition) is 1. The summed E-state index contributed by atoms with van der Waals surface area (Å²) in [7, 11) is 0. The van der Waals surface area contributed by atoms with Gasteiger partial charge in [0.15, 0.2) is 5.78 Å². The van der Waals surface area contributed by atoms with Crippen LogP contribution in [-0.4, -0.2) is 5.78 Å². The first kappa shape index (κ1) is 9.90. The Morgan fingerprint density at radius 2 is 2.21 bits per heavy atom. The van der Waals surface area contributed by atoms with Crippen molar-refractivity contribution in [2.75, 3.05) is 0 Å². The van der Waals surface area contributed by atoms with E-state index in [1.54, 1.807) is 0 Å². The second-order valence-corrected chi connectivity index (χ2v) is 4.71. The van der Waals surface area contributed by atoms with Gasteiger partial charge in [0.2, 0.25) is 0 Å². The van der Waals surface area contributed by atoms with Gasteiger partial charge in [-0.3, -0.25) is 4.79 Å². The predicted molar refractivity (Wildman–Crippen MR) is 65.4 cm³/mol. The van der Waals surface area contributed by atoms with Crippen molar-refractivity contribution in [3.63, 3.8) is 0 Å². The Balaban J connectivity index is 2.27. The van der Waals surface area contributed by atoms with Crippen molar-refractivity contribution in [1.29, 1.82) is 0 Å². The highest BCUT2D eigenvalue weighted by Crippen LogP contribution is 2.22. The van der Waals surface area contributed by atoms with Crippen LogP contribution in [0.25, 0.3) is 0 Å². The molecule has 0 unspecified atom stereocenters. The molecule has 0 heterocycles. The molecule has 0 saturated heterocycles. The van der Waals surface area contributed by atoms with Crippen molar-refractivity contribution >= 4 is 28.4 Å². The third-order valence-electron chi connectivity index (χ3n) is 2.42. The van der Waals surface area contributed by atoms with Gasteiger partial charge in [0, 0.05) is 9.13 Å². The van der Waals surface area contributed by atoms with Gasteiger partial charge in [0.05, 0.1) is 0 Å². The molecule has 14 heavy (non-hydrogen) atoms. The minimum atomic E-state index is 0.209. The molecule has 0 fully saturated rings. The number of allylic oxidation sites excluding steroid dienone is 2. The Labute approximate surface area is 97.3 Å². The summed E-state index contributed by atoms with van der Waals surface area (Å²) in [5, 5.41) is 0. The lowest BCUT2D eigenvalue weighted by Gasteiger charge is -2.01. The second kappa shape index (κ2) is 4.26. The molecule has 2 rings (SSSR count). The van der Waals surface area contributed by atoms with Crippen molar-refractivity contribution in [1.82, 2.24) is 0 Å². The van der Waals surface area contributed by atoms with Gasteiger partial charge < -0.3 is 0 Å². The number of ketones is 1. The van der Waals surface area contributed by atoms with E-state index in [1.165, 1.54) is 0 Å². The molecule has 0 saturated carbocycles. The molecule has 1 aromatic carbocycles. The maximum atomic E-state index is 11.9. The van der Waals surface area contributed by atoms with E-state index >= 15 is 0 Å². The lowest BCUT2D eigenvalue weighted by atomic mass is 10.0. The zero-order valence-corrected chi connectivity index (χ0v) is 9.95. The van der Waals surface area contributed by atoms with Crippen LogP contribution in [0, 0.1) is 3.57 Å². The average Bonchev–Trinajstić information content (AvgIpc) is 2.69. The van der Waals surface area contributed by atoms with E-state index in [0.717, 1.165) is 34.0 Å². The van der Waals surface area contributed by atoms with Crippen molar-refractivity contribution < 1.29 is 4.79 Å². The van der Waals surface area contributed by atoms with Gasteiger partial charge in [-0.25, -0.2) is 0 Å². The van der Waals surface area contributed by atoms with Gasteiger partial charge in [-0.2, -0.15) is 0 Å². The van der Waals surface area contributed by atoms with Gasteiger partial charge in [0.1, 0.15) is 0 Å². The molecule has 1 aromatic rings. The van der Waals surface area contributed by atoms with Crippen LogP contribution >= 0.6 is 22.6 Å². The Kier molecular flexibility index (Phi) is 3.01. The van der Waals surface area contributed by atoms with Crippen LogP contribution in [0.2, 0.25) is 0 Å².